The van der Waals surface area contributed by atoms with Crippen molar-refractivity contribution in [1.82, 2.24) is 0 Å². The highest BCUT2D eigenvalue weighted by atomic mass is 16.4. The van der Waals surface area contributed by atoms with E-state index in [0.29, 0.717) is 12.3 Å². The summed E-state index contributed by atoms with van der Waals surface area (Å²) < 4.78 is 0. The monoisotopic (exact) mass is 183 g/mol. The van der Waals surface area contributed by atoms with Crippen molar-refractivity contribution in [2.75, 3.05) is 0 Å². The lowest BCUT2D eigenvalue weighted by molar-refractivity contribution is -0.140. The molecule has 0 aliphatic carbocycles. The number of carboxylic acid groups (broad SMARTS) is 1. The first-order valence-corrected chi connectivity index (χ1v) is 4.74. The highest BCUT2D eigenvalue weighted by molar-refractivity contribution is 5.72. The second-order valence-corrected chi connectivity index (χ2v) is 3.49. The molecular formula is C10H17NO2. The maximum atomic E-state index is 10.5. The molecule has 3 heteroatoms. The second kappa shape index (κ2) is 6.47. The van der Waals surface area contributed by atoms with Crippen LogP contribution < -0.4 is 0 Å². The van der Waals surface area contributed by atoms with E-state index in [1.54, 1.807) is 6.07 Å². The lowest BCUT2D eigenvalue weighted by Gasteiger charge is -2.10. The minimum Gasteiger partial charge on any atom is -0.480 e. The molecular weight excluding hydrogens is 166 g/mol. The summed E-state index contributed by atoms with van der Waals surface area (Å²) in [6.07, 6.45) is 3.54. The van der Waals surface area contributed by atoms with E-state index in [1.165, 1.54) is 0 Å². The van der Waals surface area contributed by atoms with Gasteiger partial charge in [0.2, 0.25) is 0 Å². The van der Waals surface area contributed by atoms with Crippen LogP contribution in [0, 0.1) is 23.2 Å². The largest absolute Gasteiger partial charge is 0.480 e. The zero-order chi connectivity index (χ0) is 10.3. The van der Waals surface area contributed by atoms with Gasteiger partial charge in [0.15, 0.2) is 0 Å². The molecule has 0 fully saturated rings. The molecule has 13 heavy (non-hydrogen) atoms. The smallest absolute Gasteiger partial charge is 0.320 e. The Labute approximate surface area is 79.4 Å². The fourth-order valence-electron chi connectivity index (χ4n) is 1.33. The Morgan fingerprint density at radius 1 is 1.46 bits per heavy atom. The first-order chi connectivity index (χ1) is 6.11. The summed E-state index contributed by atoms with van der Waals surface area (Å²) in [6.45, 7) is 4.20. The van der Waals surface area contributed by atoms with Gasteiger partial charge in [-0.15, -0.1) is 0 Å². The zero-order valence-corrected chi connectivity index (χ0v) is 8.29. The van der Waals surface area contributed by atoms with Gasteiger partial charge in [-0.25, -0.2) is 0 Å². The van der Waals surface area contributed by atoms with Crippen molar-refractivity contribution in [2.45, 2.75) is 39.5 Å². The Hall–Kier alpha value is -1.04. The van der Waals surface area contributed by atoms with Crippen molar-refractivity contribution in [3.05, 3.63) is 0 Å². The highest BCUT2D eigenvalue weighted by Gasteiger charge is 2.16. The van der Waals surface area contributed by atoms with Crippen LogP contribution in [0.4, 0.5) is 0 Å². The van der Waals surface area contributed by atoms with E-state index in [0.717, 1.165) is 19.3 Å². The molecule has 1 N–H and O–H groups in total. The quantitative estimate of drug-likeness (QED) is 0.687. The van der Waals surface area contributed by atoms with Crippen LogP contribution in [0.3, 0.4) is 0 Å². The molecule has 0 aliphatic rings. The molecule has 0 aromatic rings. The number of carboxylic acids is 1. The molecule has 74 valence electrons. The van der Waals surface area contributed by atoms with Gasteiger partial charge in [0.1, 0.15) is 5.92 Å². The highest BCUT2D eigenvalue weighted by Crippen LogP contribution is 2.16. The molecule has 1 unspecified atom stereocenters. The molecule has 0 aromatic heterocycles. The van der Waals surface area contributed by atoms with Crippen LogP contribution >= 0.6 is 0 Å². The number of hydrogen-bond acceptors (Lipinski definition) is 2. The molecule has 3 nitrogen and oxygen atoms in total. The summed E-state index contributed by atoms with van der Waals surface area (Å²) in [5.74, 6) is -1.29. The summed E-state index contributed by atoms with van der Waals surface area (Å²) in [5, 5.41) is 17.1. The van der Waals surface area contributed by atoms with Crippen LogP contribution in [0.15, 0.2) is 0 Å². The third kappa shape index (κ3) is 5.24. The molecule has 2 atom stereocenters. The third-order valence-electron chi connectivity index (χ3n) is 2.18. The molecule has 0 saturated heterocycles. The third-order valence-corrected chi connectivity index (χ3v) is 2.18. The number of hydrogen-bond donors (Lipinski definition) is 1. The van der Waals surface area contributed by atoms with Gasteiger partial charge < -0.3 is 5.11 Å². The van der Waals surface area contributed by atoms with Crippen molar-refractivity contribution < 1.29 is 9.90 Å². The van der Waals surface area contributed by atoms with Gasteiger partial charge in [0, 0.05) is 0 Å². The van der Waals surface area contributed by atoms with Crippen LogP contribution in [0.1, 0.15) is 39.5 Å². The summed E-state index contributed by atoms with van der Waals surface area (Å²) >= 11 is 0. The van der Waals surface area contributed by atoms with Gasteiger partial charge in [0.25, 0.3) is 0 Å². The number of nitriles is 1. The van der Waals surface area contributed by atoms with Gasteiger partial charge in [-0.05, 0) is 18.8 Å². The summed E-state index contributed by atoms with van der Waals surface area (Å²) in [4.78, 5) is 10.5. The lowest BCUT2D eigenvalue weighted by atomic mass is 9.95. The predicted octanol–water partition coefficient (Wildman–Crippen LogP) is 2.43. The maximum absolute atomic E-state index is 10.5. The molecule has 0 rings (SSSR count). The SMILES string of the molecule is CCCC(C)CC[C@@H](C#N)C(=O)O. The van der Waals surface area contributed by atoms with Crippen LogP contribution in [0.5, 0.6) is 0 Å². The van der Waals surface area contributed by atoms with Gasteiger partial charge in [-0.2, -0.15) is 5.26 Å². The first kappa shape index (κ1) is 12.0. The van der Waals surface area contributed by atoms with Crippen LogP contribution in [0.2, 0.25) is 0 Å². The molecule has 0 heterocycles. The van der Waals surface area contributed by atoms with Gasteiger partial charge in [-0.1, -0.05) is 26.7 Å². The Bertz CT molecular complexity index is 196. The van der Waals surface area contributed by atoms with Crippen LogP contribution in [0.25, 0.3) is 0 Å². The van der Waals surface area contributed by atoms with Crippen molar-refractivity contribution >= 4 is 5.97 Å². The Morgan fingerprint density at radius 3 is 2.46 bits per heavy atom. The fraction of sp³-hybridized carbons (Fsp3) is 0.800. The number of carbonyl (C=O) groups is 1. The van der Waals surface area contributed by atoms with Crippen molar-refractivity contribution in [2.24, 2.45) is 11.8 Å². The molecule has 0 amide bonds. The van der Waals surface area contributed by atoms with Crippen molar-refractivity contribution in [3.63, 3.8) is 0 Å². The van der Waals surface area contributed by atoms with Gasteiger partial charge in [0.05, 0.1) is 6.07 Å². The van der Waals surface area contributed by atoms with Crippen molar-refractivity contribution in [1.29, 1.82) is 5.26 Å². The number of aliphatic carboxylic acids is 1. The summed E-state index contributed by atoms with van der Waals surface area (Å²) in [5.41, 5.74) is 0. The van der Waals surface area contributed by atoms with E-state index < -0.39 is 11.9 Å². The molecule has 0 saturated carbocycles. The molecule has 0 aromatic carbocycles. The topological polar surface area (TPSA) is 61.1 Å². The first-order valence-electron chi connectivity index (χ1n) is 4.74. The Balaban J connectivity index is 3.73. The Kier molecular flexibility index (Phi) is 5.96. The normalized spacial score (nSPS) is 14.5. The fourth-order valence-corrected chi connectivity index (χ4v) is 1.33. The maximum Gasteiger partial charge on any atom is 0.320 e. The van der Waals surface area contributed by atoms with E-state index in [-0.39, 0.29) is 0 Å². The average Bonchev–Trinajstić information content (AvgIpc) is 2.05. The summed E-state index contributed by atoms with van der Waals surface area (Å²) in [6, 6.07) is 1.80. The minimum atomic E-state index is -0.994. The van der Waals surface area contributed by atoms with Gasteiger partial charge in [-0.3, -0.25) is 4.79 Å². The Morgan fingerprint density at radius 2 is 2.08 bits per heavy atom. The minimum absolute atomic E-state index is 0.479. The van der Waals surface area contributed by atoms with E-state index in [9.17, 15) is 4.79 Å². The zero-order valence-electron chi connectivity index (χ0n) is 8.29. The van der Waals surface area contributed by atoms with Crippen molar-refractivity contribution in [3.8, 4) is 6.07 Å². The lowest BCUT2D eigenvalue weighted by Crippen LogP contribution is -2.12. The average molecular weight is 183 g/mol. The number of rotatable bonds is 6. The molecule has 0 spiro atoms. The molecule has 0 bridgehead atoms. The second-order valence-electron chi connectivity index (χ2n) is 3.49. The van der Waals surface area contributed by atoms with E-state index >= 15 is 0 Å². The van der Waals surface area contributed by atoms with E-state index in [4.69, 9.17) is 10.4 Å². The van der Waals surface area contributed by atoms with Crippen LogP contribution in [-0.2, 0) is 4.79 Å². The number of nitrogens with zero attached hydrogens (tertiary/aromatic N) is 1. The van der Waals surface area contributed by atoms with Gasteiger partial charge >= 0.3 is 5.97 Å². The predicted molar refractivity (Wildman–Crippen MR) is 50.0 cm³/mol. The standard InChI is InChI=1S/C10H17NO2/c1-3-4-8(2)5-6-9(7-11)10(12)13/h8-9H,3-6H2,1-2H3,(H,12,13)/t8?,9-/m0/s1. The summed E-state index contributed by atoms with van der Waals surface area (Å²) in [7, 11) is 0. The van der Waals surface area contributed by atoms with E-state index in [1.807, 2.05) is 0 Å². The van der Waals surface area contributed by atoms with E-state index in [2.05, 4.69) is 13.8 Å². The van der Waals surface area contributed by atoms with Crippen LogP contribution in [-0.4, -0.2) is 11.1 Å². The molecule has 0 aliphatic heterocycles. The molecule has 0 radical (unpaired) electrons.